The molecular formula is C25H26FN3O2. The summed E-state index contributed by atoms with van der Waals surface area (Å²) in [7, 11) is 0. The Morgan fingerprint density at radius 1 is 1.10 bits per heavy atom. The van der Waals surface area contributed by atoms with Crippen molar-refractivity contribution in [2.75, 3.05) is 5.32 Å². The predicted octanol–water partition coefficient (Wildman–Crippen LogP) is 4.99. The predicted molar refractivity (Wildman–Crippen MR) is 118 cm³/mol. The molecule has 0 radical (unpaired) electrons. The summed E-state index contributed by atoms with van der Waals surface area (Å²) in [6.45, 7) is 7.77. The number of aryl methyl sites for hydroxylation is 1. The molecule has 1 unspecified atom stereocenters. The lowest BCUT2D eigenvalue weighted by Crippen LogP contribution is -2.41. The maximum atomic E-state index is 13.6. The molecule has 4 rings (SSSR count). The molecular weight excluding hydrogens is 393 g/mol. The number of aliphatic imine (C=N–C) groups is 1. The molecule has 2 heterocycles. The van der Waals surface area contributed by atoms with E-state index in [0.717, 1.165) is 17.0 Å². The average Bonchev–Trinajstić information content (AvgIpc) is 2.66. The SMILES string of the molecule is CC1=NC2=C(C(=O)CC(C)(C)C2)[C@H](c2ccc(F)cc2)C1C(=O)Nc1cccc(C)n1. The maximum absolute atomic E-state index is 13.6. The van der Waals surface area contributed by atoms with Crippen LogP contribution >= 0.6 is 0 Å². The summed E-state index contributed by atoms with van der Waals surface area (Å²) in [6, 6.07) is 11.4. The highest BCUT2D eigenvalue weighted by Crippen LogP contribution is 2.47. The molecule has 0 saturated carbocycles. The Labute approximate surface area is 181 Å². The number of halogens is 1. The van der Waals surface area contributed by atoms with E-state index in [9.17, 15) is 14.0 Å². The van der Waals surface area contributed by atoms with Crippen molar-refractivity contribution in [3.05, 3.63) is 70.8 Å². The quantitative estimate of drug-likeness (QED) is 0.762. The number of amides is 1. The van der Waals surface area contributed by atoms with Gasteiger partial charge in [-0.25, -0.2) is 9.37 Å². The monoisotopic (exact) mass is 419 g/mol. The number of pyridine rings is 1. The maximum Gasteiger partial charge on any atom is 0.235 e. The summed E-state index contributed by atoms with van der Waals surface area (Å²) in [5.41, 5.74) is 3.29. The van der Waals surface area contributed by atoms with Crippen LogP contribution in [0.2, 0.25) is 0 Å². The van der Waals surface area contributed by atoms with Gasteiger partial charge in [0.05, 0.1) is 5.92 Å². The van der Waals surface area contributed by atoms with Gasteiger partial charge in [0, 0.05) is 35.0 Å². The number of carbonyl (C=O) groups excluding carboxylic acids is 2. The van der Waals surface area contributed by atoms with Crippen molar-refractivity contribution >= 4 is 23.2 Å². The molecule has 5 nitrogen and oxygen atoms in total. The van der Waals surface area contributed by atoms with Crippen molar-refractivity contribution < 1.29 is 14.0 Å². The summed E-state index contributed by atoms with van der Waals surface area (Å²) < 4.78 is 13.6. The van der Waals surface area contributed by atoms with Gasteiger partial charge in [-0.2, -0.15) is 0 Å². The number of ketones is 1. The molecule has 2 aliphatic rings. The van der Waals surface area contributed by atoms with Crippen LogP contribution in [0.15, 0.2) is 58.7 Å². The Morgan fingerprint density at radius 2 is 1.81 bits per heavy atom. The molecule has 0 fully saturated rings. The van der Waals surface area contributed by atoms with Crippen LogP contribution in [0, 0.1) is 24.1 Å². The minimum atomic E-state index is -0.684. The van der Waals surface area contributed by atoms with Gasteiger partial charge in [-0.15, -0.1) is 0 Å². The van der Waals surface area contributed by atoms with Crippen LogP contribution in [0.5, 0.6) is 0 Å². The first-order valence-electron chi connectivity index (χ1n) is 10.5. The number of rotatable bonds is 3. The largest absolute Gasteiger partial charge is 0.310 e. The second kappa shape index (κ2) is 7.84. The lowest BCUT2D eigenvalue weighted by Gasteiger charge is -2.39. The van der Waals surface area contributed by atoms with Crippen LogP contribution in [0.25, 0.3) is 0 Å². The average molecular weight is 420 g/mol. The van der Waals surface area contributed by atoms with E-state index >= 15 is 0 Å². The van der Waals surface area contributed by atoms with Crippen LogP contribution in [0.1, 0.15) is 50.8 Å². The summed E-state index contributed by atoms with van der Waals surface area (Å²) in [4.78, 5) is 35.7. The number of hydrogen-bond acceptors (Lipinski definition) is 4. The second-order valence-corrected chi connectivity index (χ2v) is 9.21. The highest BCUT2D eigenvalue weighted by atomic mass is 19.1. The van der Waals surface area contributed by atoms with Gasteiger partial charge < -0.3 is 5.32 Å². The van der Waals surface area contributed by atoms with Crippen molar-refractivity contribution in [1.29, 1.82) is 0 Å². The van der Waals surface area contributed by atoms with Gasteiger partial charge >= 0.3 is 0 Å². The number of carbonyl (C=O) groups is 2. The Kier molecular flexibility index (Phi) is 5.33. The molecule has 0 spiro atoms. The summed E-state index contributed by atoms with van der Waals surface area (Å²) in [5.74, 6) is -1.38. The van der Waals surface area contributed by atoms with Crippen LogP contribution in [0.4, 0.5) is 10.2 Å². The van der Waals surface area contributed by atoms with Crippen molar-refractivity contribution in [2.45, 2.75) is 46.5 Å². The smallest absolute Gasteiger partial charge is 0.235 e. The zero-order valence-corrected chi connectivity index (χ0v) is 18.2. The normalized spacial score (nSPS) is 22.6. The van der Waals surface area contributed by atoms with Crippen LogP contribution in [-0.2, 0) is 9.59 Å². The number of nitrogens with one attached hydrogen (secondary N) is 1. The molecule has 160 valence electrons. The third-order valence-electron chi connectivity index (χ3n) is 5.95. The van der Waals surface area contributed by atoms with Crippen LogP contribution in [-0.4, -0.2) is 22.4 Å². The minimum absolute atomic E-state index is 0.00306. The van der Waals surface area contributed by atoms with E-state index in [-0.39, 0.29) is 22.9 Å². The van der Waals surface area contributed by atoms with Gasteiger partial charge in [-0.1, -0.05) is 32.0 Å². The molecule has 6 heteroatoms. The van der Waals surface area contributed by atoms with E-state index in [4.69, 9.17) is 4.99 Å². The number of nitrogens with zero attached hydrogens (tertiary/aromatic N) is 2. The fraction of sp³-hybridized carbons (Fsp3) is 0.360. The summed E-state index contributed by atoms with van der Waals surface area (Å²) in [5, 5.41) is 2.88. The molecule has 31 heavy (non-hydrogen) atoms. The van der Waals surface area contributed by atoms with E-state index in [2.05, 4.69) is 24.1 Å². The van der Waals surface area contributed by atoms with Gasteiger partial charge in [0.1, 0.15) is 11.6 Å². The molecule has 1 aliphatic heterocycles. The summed E-state index contributed by atoms with van der Waals surface area (Å²) in [6.07, 6.45) is 1.06. The first kappa shape index (κ1) is 21.1. The number of Topliss-reactive ketones (excluding diaryl/α,β-unsaturated/α-hetero) is 1. The Balaban J connectivity index is 1.79. The first-order valence-corrected chi connectivity index (χ1v) is 10.5. The molecule has 0 saturated heterocycles. The lowest BCUT2D eigenvalue weighted by atomic mass is 9.66. The van der Waals surface area contributed by atoms with E-state index in [0.29, 0.717) is 29.9 Å². The first-order chi connectivity index (χ1) is 14.6. The standard InChI is InChI=1S/C25H26FN3O2/c1-14-6-5-7-20(27-14)29-24(31)21-15(2)28-18-12-25(3,4)13-19(30)23(18)22(21)16-8-10-17(26)11-9-16/h5-11,21-22H,12-13H2,1-4H3,(H,27,29,31)/t21?,22-/m1/s1. The highest BCUT2D eigenvalue weighted by molar-refractivity contribution is 6.13. The van der Waals surface area contributed by atoms with Crippen molar-refractivity contribution in [3.63, 3.8) is 0 Å². The van der Waals surface area contributed by atoms with Crippen molar-refractivity contribution in [3.8, 4) is 0 Å². The van der Waals surface area contributed by atoms with Gasteiger partial charge in [0.2, 0.25) is 5.91 Å². The fourth-order valence-corrected chi connectivity index (χ4v) is 4.63. The van der Waals surface area contributed by atoms with Gasteiger partial charge in [-0.3, -0.25) is 14.6 Å². The van der Waals surface area contributed by atoms with E-state index < -0.39 is 11.8 Å². The molecule has 1 amide bonds. The zero-order chi connectivity index (χ0) is 22.3. The number of benzene rings is 1. The third kappa shape index (κ3) is 4.20. The van der Waals surface area contributed by atoms with Crippen molar-refractivity contribution in [1.82, 2.24) is 4.98 Å². The third-order valence-corrected chi connectivity index (χ3v) is 5.95. The molecule has 0 bridgehead atoms. The van der Waals surface area contributed by atoms with Crippen molar-refractivity contribution in [2.24, 2.45) is 16.3 Å². The number of anilines is 1. The van der Waals surface area contributed by atoms with Crippen LogP contribution < -0.4 is 5.32 Å². The zero-order valence-electron chi connectivity index (χ0n) is 18.2. The molecule has 2 aromatic rings. The fourth-order valence-electron chi connectivity index (χ4n) is 4.63. The Hall–Kier alpha value is -3.15. The van der Waals surface area contributed by atoms with Crippen LogP contribution in [0.3, 0.4) is 0 Å². The van der Waals surface area contributed by atoms with Gasteiger partial charge in [-0.05, 0) is 55.5 Å². The highest BCUT2D eigenvalue weighted by Gasteiger charge is 2.45. The number of allylic oxidation sites excluding steroid dienone is 2. The topological polar surface area (TPSA) is 71.4 Å². The lowest BCUT2D eigenvalue weighted by molar-refractivity contribution is -0.119. The van der Waals surface area contributed by atoms with E-state index in [1.54, 1.807) is 18.2 Å². The number of aromatic nitrogens is 1. The van der Waals surface area contributed by atoms with E-state index in [1.807, 2.05) is 26.0 Å². The van der Waals surface area contributed by atoms with Gasteiger partial charge in [0.15, 0.2) is 5.78 Å². The van der Waals surface area contributed by atoms with Gasteiger partial charge in [0.25, 0.3) is 0 Å². The molecule has 1 N–H and O–H groups in total. The second-order valence-electron chi connectivity index (χ2n) is 9.21. The Morgan fingerprint density at radius 3 is 2.48 bits per heavy atom. The minimum Gasteiger partial charge on any atom is -0.310 e. The molecule has 1 aromatic carbocycles. The molecule has 1 aliphatic carbocycles. The summed E-state index contributed by atoms with van der Waals surface area (Å²) >= 11 is 0. The van der Waals surface area contributed by atoms with E-state index in [1.165, 1.54) is 12.1 Å². The molecule has 1 aromatic heterocycles. The molecule has 2 atom stereocenters. The number of hydrogen-bond donors (Lipinski definition) is 1. The Bertz CT molecular complexity index is 1120.